The van der Waals surface area contributed by atoms with Crippen molar-refractivity contribution in [2.24, 2.45) is 0 Å². The van der Waals surface area contributed by atoms with Gasteiger partial charge in [0, 0.05) is 11.4 Å². The number of carbonyl (C=O) groups is 1. The van der Waals surface area contributed by atoms with E-state index in [1.165, 1.54) is 18.5 Å². The van der Waals surface area contributed by atoms with Crippen molar-refractivity contribution in [3.05, 3.63) is 53.2 Å². The maximum atomic E-state index is 14.3. The molecule has 0 saturated heterocycles. The number of nitrogens with zero attached hydrogens (tertiary/aromatic N) is 4. The Balaban J connectivity index is 2.10. The van der Waals surface area contributed by atoms with E-state index in [1.807, 2.05) is 19.9 Å². The molecule has 0 fully saturated rings. The summed E-state index contributed by atoms with van der Waals surface area (Å²) in [5.41, 5.74) is 6.87. The Morgan fingerprint density at radius 3 is 2.72 bits per heavy atom. The predicted molar refractivity (Wildman–Crippen MR) is 108 cm³/mol. The Bertz CT molecular complexity index is 1120. The fourth-order valence-electron chi connectivity index (χ4n) is 2.92. The second-order valence-corrected chi connectivity index (χ2v) is 6.82. The topological polar surface area (TPSA) is 130 Å². The van der Waals surface area contributed by atoms with Gasteiger partial charge in [0.25, 0.3) is 5.91 Å². The highest BCUT2D eigenvalue weighted by Crippen LogP contribution is 2.27. The number of fused-ring (bicyclic) bond motifs is 1. The minimum Gasteiger partial charge on any atom is -0.382 e. The van der Waals surface area contributed by atoms with Gasteiger partial charge in [-0.3, -0.25) is 4.79 Å². The SMILES string of the molecule is CC(C)NC(=O)c1cc2c(F)cccc2nc1[C@H](C)Nc1ncnc(N)c1C#N. The summed E-state index contributed by atoms with van der Waals surface area (Å²) in [6, 6.07) is 7.35. The van der Waals surface area contributed by atoms with Crippen LogP contribution in [-0.2, 0) is 0 Å². The molecule has 148 valence electrons. The zero-order chi connectivity index (χ0) is 21.1. The van der Waals surface area contributed by atoms with E-state index >= 15 is 0 Å². The van der Waals surface area contributed by atoms with Crippen molar-refractivity contribution in [3.63, 3.8) is 0 Å². The van der Waals surface area contributed by atoms with Gasteiger partial charge in [-0.15, -0.1) is 0 Å². The number of nitriles is 1. The number of benzene rings is 1. The van der Waals surface area contributed by atoms with Gasteiger partial charge in [0.15, 0.2) is 0 Å². The number of nitrogens with two attached hydrogens (primary N) is 1. The fraction of sp³-hybridized carbons (Fsp3) is 0.250. The van der Waals surface area contributed by atoms with Crippen LogP contribution in [-0.4, -0.2) is 26.9 Å². The average Bonchev–Trinajstić information content (AvgIpc) is 2.67. The maximum Gasteiger partial charge on any atom is 0.253 e. The lowest BCUT2D eigenvalue weighted by Gasteiger charge is -2.19. The van der Waals surface area contributed by atoms with Crippen molar-refractivity contribution in [2.75, 3.05) is 11.1 Å². The summed E-state index contributed by atoms with van der Waals surface area (Å²) in [6.07, 6.45) is 1.24. The minimum atomic E-state index is -0.531. The summed E-state index contributed by atoms with van der Waals surface area (Å²) in [6.45, 7) is 5.42. The molecule has 2 aromatic heterocycles. The molecule has 4 N–H and O–H groups in total. The van der Waals surface area contributed by atoms with Gasteiger partial charge in [-0.2, -0.15) is 5.26 Å². The highest BCUT2D eigenvalue weighted by molar-refractivity contribution is 5.99. The van der Waals surface area contributed by atoms with Crippen LogP contribution in [0, 0.1) is 17.1 Å². The van der Waals surface area contributed by atoms with Crippen molar-refractivity contribution in [1.82, 2.24) is 20.3 Å². The molecule has 3 aromatic rings. The van der Waals surface area contributed by atoms with Gasteiger partial charge in [-0.1, -0.05) is 6.07 Å². The van der Waals surface area contributed by atoms with Gasteiger partial charge in [0.2, 0.25) is 0 Å². The molecule has 9 heteroatoms. The number of hydrogen-bond acceptors (Lipinski definition) is 7. The number of amides is 1. The fourth-order valence-corrected chi connectivity index (χ4v) is 2.92. The second kappa shape index (κ2) is 8.06. The highest BCUT2D eigenvalue weighted by atomic mass is 19.1. The Morgan fingerprint density at radius 2 is 2.03 bits per heavy atom. The molecular weight excluding hydrogens is 373 g/mol. The van der Waals surface area contributed by atoms with E-state index in [0.717, 1.165) is 0 Å². The van der Waals surface area contributed by atoms with Gasteiger partial charge in [-0.25, -0.2) is 19.3 Å². The van der Waals surface area contributed by atoms with E-state index in [2.05, 4.69) is 25.6 Å². The summed E-state index contributed by atoms with van der Waals surface area (Å²) in [4.78, 5) is 25.1. The van der Waals surface area contributed by atoms with Gasteiger partial charge in [0.1, 0.15) is 35.4 Å². The normalized spacial score (nSPS) is 11.9. The molecule has 0 spiro atoms. The van der Waals surface area contributed by atoms with Crippen LogP contribution < -0.4 is 16.4 Å². The molecule has 0 bridgehead atoms. The molecular formula is C20H20FN7O. The minimum absolute atomic E-state index is 0.0449. The van der Waals surface area contributed by atoms with Crippen LogP contribution in [0.2, 0.25) is 0 Å². The van der Waals surface area contributed by atoms with Crippen LogP contribution in [0.1, 0.15) is 48.4 Å². The molecule has 0 radical (unpaired) electrons. The Labute approximate surface area is 167 Å². The summed E-state index contributed by atoms with van der Waals surface area (Å²) >= 11 is 0. The number of carbonyl (C=O) groups excluding carboxylic acids is 1. The third kappa shape index (κ3) is 4.06. The molecule has 0 unspecified atom stereocenters. The molecule has 0 aliphatic rings. The molecule has 0 aliphatic carbocycles. The Kier molecular flexibility index (Phi) is 5.54. The first-order valence-corrected chi connectivity index (χ1v) is 8.99. The summed E-state index contributed by atoms with van der Waals surface area (Å²) in [7, 11) is 0. The molecule has 1 amide bonds. The van der Waals surface area contributed by atoms with E-state index in [4.69, 9.17) is 5.73 Å². The predicted octanol–water partition coefficient (Wildman–Crippen LogP) is 2.93. The van der Waals surface area contributed by atoms with E-state index in [9.17, 15) is 14.4 Å². The quantitative estimate of drug-likeness (QED) is 0.607. The third-order valence-electron chi connectivity index (χ3n) is 4.25. The number of anilines is 2. The first kappa shape index (κ1) is 19.9. The molecule has 29 heavy (non-hydrogen) atoms. The zero-order valence-corrected chi connectivity index (χ0v) is 16.2. The van der Waals surface area contributed by atoms with Gasteiger partial charge in [-0.05, 0) is 39.0 Å². The van der Waals surface area contributed by atoms with Crippen molar-refractivity contribution >= 4 is 28.4 Å². The molecule has 0 aliphatic heterocycles. The number of aromatic nitrogens is 3. The van der Waals surface area contributed by atoms with Crippen LogP contribution in [0.25, 0.3) is 10.9 Å². The number of halogens is 1. The van der Waals surface area contributed by atoms with E-state index < -0.39 is 11.9 Å². The Hall–Kier alpha value is -3.80. The van der Waals surface area contributed by atoms with Crippen LogP contribution in [0.5, 0.6) is 0 Å². The number of hydrogen-bond donors (Lipinski definition) is 3. The summed E-state index contributed by atoms with van der Waals surface area (Å²) in [5, 5.41) is 15.4. The van der Waals surface area contributed by atoms with Crippen LogP contribution >= 0.6 is 0 Å². The van der Waals surface area contributed by atoms with Crippen LogP contribution in [0.4, 0.5) is 16.0 Å². The molecule has 0 saturated carbocycles. The largest absolute Gasteiger partial charge is 0.382 e. The molecule has 1 atom stereocenters. The molecule has 8 nitrogen and oxygen atoms in total. The van der Waals surface area contributed by atoms with Crippen molar-refractivity contribution in [1.29, 1.82) is 5.26 Å². The second-order valence-electron chi connectivity index (χ2n) is 6.82. The average molecular weight is 393 g/mol. The summed E-state index contributed by atoms with van der Waals surface area (Å²) in [5.74, 6) is -0.563. The van der Waals surface area contributed by atoms with Crippen LogP contribution in [0.15, 0.2) is 30.6 Å². The molecule has 2 heterocycles. The van der Waals surface area contributed by atoms with Crippen molar-refractivity contribution in [3.8, 4) is 6.07 Å². The van der Waals surface area contributed by atoms with Crippen LogP contribution in [0.3, 0.4) is 0 Å². The number of nitrogens with one attached hydrogen (secondary N) is 2. The summed E-state index contributed by atoms with van der Waals surface area (Å²) < 4.78 is 14.3. The smallest absolute Gasteiger partial charge is 0.253 e. The van der Waals surface area contributed by atoms with Crippen molar-refractivity contribution < 1.29 is 9.18 Å². The number of pyridine rings is 1. The van der Waals surface area contributed by atoms with Gasteiger partial charge in [0.05, 0.1) is 22.8 Å². The molecule has 1 aromatic carbocycles. The molecule has 3 rings (SSSR count). The third-order valence-corrected chi connectivity index (χ3v) is 4.25. The lowest BCUT2D eigenvalue weighted by atomic mass is 10.0. The van der Waals surface area contributed by atoms with Gasteiger partial charge < -0.3 is 16.4 Å². The number of rotatable bonds is 5. The van der Waals surface area contributed by atoms with E-state index in [1.54, 1.807) is 19.1 Å². The monoisotopic (exact) mass is 393 g/mol. The number of nitrogen functional groups attached to an aromatic ring is 1. The lowest BCUT2D eigenvalue weighted by molar-refractivity contribution is 0.0941. The standard InChI is InChI=1S/C20H20FN7O/c1-10(2)26-20(29)13-7-12-15(21)5-4-6-16(12)28-17(13)11(3)27-19-14(8-22)18(23)24-9-25-19/h4-7,9-11H,1-3H3,(H,26,29)(H3,23,24,25,27)/t11-/m0/s1. The van der Waals surface area contributed by atoms with Crippen molar-refractivity contribution in [2.45, 2.75) is 32.9 Å². The van der Waals surface area contributed by atoms with E-state index in [-0.39, 0.29) is 40.1 Å². The van der Waals surface area contributed by atoms with Gasteiger partial charge >= 0.3 is 0 Å². The lowest BCUT2D eigenvalue weighted by Crippen LogP contribution is -2.32. The highest BCUT2D eigenvalue weighted by Gasteiger charge is 2.22. The van der Waals surface area contributed by atoms with E-state index in [0.29, 0.717) is 11.2 Å². The first-order chi connectivity index (χ1) is 13.8. The zero-order valence-electron chi connectivity index (χ0n) is 16.2. The first-order valence-electron chi connectivity index (χ1n) is 8.99. The maximum absolute atomic E-state index is 14.3. The Morgan fingerprint density at radius 1 is 1.28 bits per heavy atom.